The maximum atomic E-state index is 12.8. The molecular formula is C23H24ClN3O4. The van der Waals surface area contributed by atoms with Crippen LogP contribution in [0.1, 0.15) is 42.7 Å². The van der Waals surface area contributed by atoms with Gasteiger partial charge >= 0.3 is 12.0 Å². The zero-order chi connectivity index (χ0) is 22.7. The third-order valence-corrected chi connectivity index (χ3v) is 5.24. The Morgan fingerprint density at radius 1 is 1.16 bits per heavy atom. The highest BCUT2D eigenvalue weighted by Crippen LogP contribution is 2.32. The number of amides is 3. The molecule has 1 aliphatic heterocycles. The highest BCUT2D eigenvalue weighted by Gasteiger charge is 2.35. The molecule has 8 heteroatoms. The Balaban J connectivity index is 1.94. The monoisotopic (exact) mass is 441 g/mol. The van der Waals surface area contributed by atoms with Crippen molar-refractivity contribution < 1.29 is 19.1 Å². The molecular weight excluding hydrogens is 418 g/mol. The maximum absolute atomic E-state index is 12.8. The summed E-state index contributed by atoms with van der Waals surface area (Å²) in [6.45, 7) is 5.23. The molecule has 0 aliphatic carbocycles. The second-order valence-corrected chi connectivity index (χ2v) is 7.86. The van der Waals surface area contributed by atoms with Crippen LogP contribution in [0.2, 0.25) is 5.02 Å². The summed E-state index contributed by atoms with van der Waals surface area (Å²) in [7, 11) is 1.59. The minimum absolute atomic E-state index is 0.308. The number of ether oxygens (including phenoxy) is 1. The fourth-order valence-electron chi connectivity index (χ4n) is 3.27. The van der Waals surface area contributed by atoms with E-state index in [1.165, 1.54) is 4.90 Å². The molecule has 0 spiro atoms. The van der Waals surface area contributed by atoms with Crippen molar-refractivity contribution in [3.05, 3.63) is 76.0 Å². The molecule has 0 fully saturated rings. The van der Waals surface area contributed by atoms with Gasteiger partial charge in [0.1, 0.15) is 0 Å². The summed E-state index contributed by atoms with van der Waals surface area (Å²) in [6.07, 6.45) is -0.308. The fourth-order valence-corrected chi connectivity index (χ4v) is 3.49. The number of benzene rings is 2. The summed E-state index contributed by atoms with van der Waals surface area (Å²) in [5, 5.41) is 5.98. The van der Waals surface area contributed by atoms with Gasteiger partial charge in [0.25, 0.3) is 5.91 Å². The predicted octanol–water partition coefficient (Wildman–Crippen LogP) is 4.51. The van der Waals surface area contributed by atoms with Gasteiger partial charge in [-0.25, -0.2) is 9.59 Å². The third-order valence-electron chi connectivity index (χ3n) is 4.91. The van der Waals surface area contributed by atoms with Crippen molar-refractivity contribution in [1.29, 1.82) is 0 Å². The highest BCUT2D eigenvalue weighted by atomic mass is 35.5. The van der Waals surface area contributed by atoms with E-state index in [1.807, 2.05) is 0 Å². The molecule has 1 atom stereocenters. The van der Waals surface area contributed by atoms with E-state index < -0.39 is 12.0 Å². The number of hydrogen-bond donors (Lipinski definition) is 2. The Morgan fingerprint density at radius 3 is 2.55 bits per heavy atom. The molecule has 2 aromatic carbocycles. The van der Waals surface area contributed by atoms with Crippen molar-refractivity contribution in [2.24, 2.45) is 0 Å². The summed E-state index contributed by atoms with van der Waals surface area (Å²) in [6, 6.07) is 12.6. The van der Waals surface area contributed by atoms with Gasteiger partial charge in [-0.3, -0.25) is 4.79 Å². The summed E-state index contributed by atoms with van der Waals surface area (Å²) >= 11 is 6.11. The van der Waals surface area contributed by atoms with Crippen molar-refractivity contribution in [1.82, 2.24) is 10.2 Å². The van der Waals surface area contributed by atoms with E-state index in [-0.39, 0.29) is 18.0 Å². The topological polar surface area (TPSA) is 87.7 Å². The Bertz CT molecular complexity index is 1060. The number of halogens is 1. The molecule has 2 N–H and O–H groups in total. The number of carbonyl (C=O) groups is 3. The minimum atomic E-state index is -0.716. The number of carbonyl (C=O) groups excluding carboxylic acids is 3. The molecule has 0 bridgehead atoms. The van der Waals surface area contributed by atoms with Crippen LogP contribution in [-0.4, -0.2) is 36.0 Å². The van der Waals surface area contributed by atoms with Crippen LogP contribution in [0.4, 0.5) is 10.5 Å². The van der Waals surface area contributed by atoms with Crippen LogP contribution in [-0.2, 0) is 9.53 Å². The van der Waals surface area contributed by atoms with E-state index in [0.717, 1.165) is 0 Å². The van der Waals surface area contributed by atoms with Crippen LogP contribution in [0.15, 0.2) is 59.8 Å². The average Bonchev–Trinajstić information content (AvgIpc) is 2.71. The third kappa shape index (κ3) is 4.88. The van der Waals surface area contributed by atoms with E-state index >= 15 is 0 Å². The zero-order valence-electron chi connectivity index (χ0n) is 17.7. The maximum Gasteiger partial charge on any atom is 0.338 e. The number of rotatable bonds is 5. The number of urea groups is 1. The lowest BCUT2D eigenvalue weighted by molar-refractivity contribution is -0.143. The minimum Gasteiger partial charge on any atom is -0.459 e. The van der Waals surface area contributed by atoms with Crippen molar-refractivity contribution in [3.63, 3.8) is 0 Å². The van der Waals surface area contributed by atoms with Crippen LogP contribution in [0.3, 0.4) is 0 Å². The molecule has 3 amide bonds. The zero-order valence-corrected chi connectivity index (χ0v) is 18.5. The first-order chi connectivity index (χ1) is 14.7. The molecule has 7 nitrogen and oxygen atoms in total. The van der Waals surface area contributed by atoms with E-state index in [2.05, 4.69) is 10.6 Å². The van der Waals surface area contributed by atoms with Crippen molar-refractivity contribution in [3.8, 4) is 0 Å². The van der Waals surface area contributed by atoms with Gasteiger partial charge in [0.15, 0.2) is 0 Å². The second-order valence-electron chi connectivity index (χ2n) is 7.45. The fraction of sp³-hybridized carbons (Fsp3) is 0.261. The number of allylic oxidation sites excluding steroid dienone is 1. The average molecular weight is 442 g/mol. The summed E-state index contributed by atoms with van der Waals surface area (Å²) in [4.78, 5) is 39.2. The standard InChI is InChI=1S/C23H24ClN3O4/c1-13(2)31-22(29)19-14(3)27(4)23(30)26-20(19)15-8-7-9-16(12-15)25-21(28)17-10-5-6-11-18(17)24/h5-13,20H,1-4H3,(H,25,28)(H,26,30)/t20-/m1/s1. The number of anilines is 1. The molecule has 31 heavy (non-hydrogen) atoms. The number of hydrogen-bond acceptors (Lipinski definition) is 4. The number of nitrogens with one attached hydrogen (secondary N) is 2. The first-order valence-electron chi connectivity index (χ1n) is 9.81. The largest absolute Gasteiger partial charge is 0.459 e. The smallest absolute Gasteiger partial charge is 0.338 e. The van der Waals surface area contributed by atoms with Crippen molar-refractivity contribution >= 4 is 35.2 Å². The molecule has 1 aliphatic rings. The van der Waals surface area contributed by atoms with Crippen LogP contribution < -0.4 is 10.6 Å². The summed E-state index contributed by atoms with van der Waals surface area (Å²) < 4.78 is 5.40. The lowest BCUT2D eigenvalue weighted by Crippen LogP contribution is -2.46. The molecule has 0 saturated heterocycles. The predicted molar refractivity (Wildman–Crippen MR) is 119 cm³/mol. The van der Waals surface area contributed by atoms with Crippen molar-refractivity contribution in [2.75, 3.05) is 12.4 Å². The van der Waals surface area contributed by atoms with E-state index in [0.29, 0.717) is 33.1 Å². The van der Waals surface area contributed by atoms with Crippen LogP contribution in [0.5, 0.6) is 0 Å². The van der Waals surface area contributed by atoms with Gasteiger partial charge < -0.3 is 20.3 Å². The van der Waals surface area contributed by atoms with Crippen molar-refractivity contribution in [2.45, 2.75) is 32.9 Å². The van der Waals surface area contributed by atoms with Gasteiger partial charge in [-0.05, 0) is 50.6 Å². The number of nitrogens with zero attached hydrogens (tertiary/aromatic N) is 1. The lowest BCUT2D eigenvalue weighted by Gasteiger charge is -2.33. The van der Waals surface area contributed by atoms with E-state index in [9.17, 15) is 14.4 Å². The van der Waals surface area contributed by atoms with Gasteiger partial charge in [-0.2, -0.15) is 0 Å². The van der Waals surface area contributed by atoms with Gasteiger partial charge in [-0.1, -0.05) is 35.9 Å². The molecule has 2 aromatic rings. The first kappa shape index (κ1) is 22.4. The van der Waals surface area contributed by atoms with Gasteiger partial charge in [0.05, 0.1) is 28.3 Å². The molecule has 162 valence electrons. The van der Waals surface area contributed by atoms with Crippen LogP contribution >= 0.6 is 11.6 Å². The molecule has 0 unspecified atom stereocenters. The van der Waals surface area contributed by atoms with Gasteiger partial charge in [0.2, 0.25) is 0 Å². The first-order valence-corrected chi connectivity index (χ1v) is 10.2. The lowest BCUT2D eigenvalue weighted by atomic mass is 9.94. The summed E-state index contributed by atoms with van der Waals surface area (Å²) in [5.74, 6) is -0.865. The normalized spacial score (nSPS) is 16.3. The van der Waals surface area contributed by atoms with Crippen LogP contribution in [0.25, 0.3) is 0 Å². The molecule has 1 heterocycles. The second kappa shape index (κ2) is 9.22. The van der Waals surface area contributed by atoms with E-state index in [1.54, 1.807) is 76.3 Å². The molecule has 0 aromatic heterocycles. The quantitative estimate of drug-likeness (QED) is 0.668. The Hall–Kier alpha value is -3.32. The Kier molecular flexibility index (Phi) is 6.65. The summed E-state index contributed by atoms with van der Waals surface area (Å²) in [5.41, 5.74) is 2.33. The van der Waals surface area contributed by atoms with Gasteiger partial charge in [-0.15, -0.1) is 0 Å². The van der Waals surface area contributed by atoms with Crippen LogP contribution in [0, 0.1) is 0 Å². The van der Waals surface area contributed by atoms with Gasteiger partial charge in [0, 0.05) is 18.4 Å². The Labute approximate surface area is 186 Å². The number of esters is 1. The molecule has 3 rings (SSSR count). The molecule has 0 radical (unpaired) electrons. The molecule has 0 saturated carbocycles. The Morgan fingerprint density at radius 2 is 1.87 bits per heavy atom. The van der Waals surface area contributed by atoms with E-state index in [4.69, 9.17) is 16.3 Å². The SMILES string of the molecule is CC1=C(C(=O)OC(C)C)[C@@H](c2cccc(NC(=O)c3ccccc3Cl)c2)NC(=O)N1C. The highest BCUT2D eigenvalue weighted by molar-refractivity contribution is 6.34.